The van der Waals surface area contributed by atoms with Crippen molar-refractivity contribution in [1.29, 1.82) is 0 Å². The van der Waals surface area contributed by atoms with Crippen molar-refractivity contribution in [2.75, 3.05) is 12.4 Å². The van der Waals surface area contributed by atoms with Gasteiger partial charge < -0.3 is 14.9 Å². The maximum atomic E-state index is 12.0. The molecule has 0 aliphatic carbocycles. The van der Waals surface area contributed by atoms with Crippen LogP contribution in [0.1, 0.15) is 16.1 Å². The molecule has 8 heteroatoms. The molecule has 1 aromatic carbocycles. The van der Waals surface area contributed by atoms with Crippen LogP contribution in [0.25, 0.3) is 0 Å². The van der Waals surface area contributed by atoms with Crippen LogP contribution in [0.4, 0.5) is 5.13 Å². The van der Waals surface area contributed by atoms with E-state index in [1.807, 2.05) is 0 Å². The van der Waals surface area contributed by atoms with Crippen molar-refractivity contribution in [1.82, 2.24) is 4.98 Å². The summed E-state index contributed by atoms with van der Waals surface area (Å²) >= 11 is 1.15. The molecule has 0 unspecified atom stereocenters. The van der Waals surface area contributed by atoms with Gasteiger partial charge in [0.15, 0.2) is 5.13 Å². The highest BCUT2D eigenvalue weighted by molar-refractivity contribution is 7.14. The molecule has 1 amide bonds. The Hall–Kier alpha value is -2.61. The van der Waals surface area contributed by atoms with Gasteiger partial charge in [0.05, 0.1) is 24.8 Å². The average Bonchev–Trinajstić information content (AvgIpc) is 2.85. The maximum Gasteiger partial charge on any atom is 0.311 e. The highest BCUT2D eigenvalue weighted by Gasteiger charge is 2.14. The SMILES string of the molecule is COC(=O)Cc1csc(NC(=O)c2ccc(O)cc2O)n1. The van der Waals surface area contributed by atoms with Gasteiger partial charge in [-0.25, -0.2) is 4.98 Å². The summed E-state index contributed by atoms with van der Waals surface area (Å²) in [6, 6.07) is 3.65. The number of rotatable bonds is 4. The number of carbonyl (C=O) groups is 2. The number of aromatic hydroxyl groups is 2. The number of aromatic nitrogens is 1. The monoisotopic (exact) mass is 308 g/mol. The lowest BCUT2D eigenvalue weighted by Crippen LogP contribution is -2.12. The first-order chi connectivity index (χ1) is 9.99. The molecule has 1 heterocycles. The number of nitrogens with zero attached hydrogens (tertiary/aromatic N) is 1. The number of hydrogen-bond acceptors (Lipinski definition) is 7. The van der Waals surface area contributed by atoms with E-state index in [0.717, 1.165) is 17.4 Å². The van der Waals surface area contributed by atoms with Gasteiger partial charge >= 0.3 is 5.97 Å². The van der Waals surface area contributed by atoms with Gasteiger partial charge in [0.25, 0.3) is 5.91 Å². The molecule has 2 aromatic rings. The van der Waals surface area contributed by atoms with E-state index in [9.17, 15) is 19.8 Å². The molecule has 7 nitrogen and oxygen atoms in total. The number of ether oxygens (including phenoxy) is 1. The second kappa shape index (κ2) is 6.23. The molecule has 110 valence electrons. The van der Waals surface area contributed by atoms with Crippen molar-refractivity contribution in [3.63, 3.8) is 0 Å². The van der Waals surface area contributed by atoms with E-state index in [0.29, 0.717) is 10.8 Å². The Morgan fingerprint density at radius 3 is 2.81 bits per heavy atom. The van der Waals surface area contributed by atoms with Crippen LogP contribution in [0.5, 0.6) is 11.5 Å². The molecule has 2 rings (SSSR count). The Kier molecular flexibility index (Phi) is 4.39. The van der Waals surface area contributed by atoms with E-state index in [1.54, 1.807) is 5.38 Å². The lowest BCUT2D eigenvalue weighted by Gasteiger charge is -2.04. The zero-order valence-corrected chi connectivity index (χ0v) is 11.8. The molecule has 0 radical (unpaired) electrons. The van der Waals surface area contributed by atoms with Gasteiger partial charge in [0, 0.05) is 11.4 Å². The first-order valence-electron chi connectivity index (χ1n) is 5.84. The third-order valence-corrected chi connectivity index (χ3v) is 3.36. The summed E-state index contributed by atoms with van der Waals surface area (Å²) in [5.41, 5.74) is 0.495. The van der Waals surface area contributed by atoms with E-state index in [4.69, 9.17) is 0 Å². The van der Waals surface area contributed by atoms with Crippen LogP contribution in [0, 0.1) is 0 Å². The van der Waals surface area contributed by atoms with Crippen molar-refractivity contribution >= 4 is 28.3 Å². The van der Waals surface area contributed by atoms with Crippen molar-refractivity contribution in [2.24, 2.45) is 0 Å². The Morgan fingerprint density at radius 1 is 1.38 bits per heavy atom. The molecule has 0 aliphatic rings. The number of carbonyl (C=O) groups excluding carboxylic acids is 2. The van der Waals surface area contributed by atoms with Crippen LogP contribution in [-0.2, 0) is 16.0 Å². The van der Waals surface area contributed by atoms with Gasteiger partial charge in [-0.3, -0.25) is 14.9 Å². The average molecular weight is 308 g/mol. The zero-order valence-electron chi connectivity index (χ0n) is 11.0. The molecule has 0 bridgehead atoms. The first kappa shape index (κ1) is 14.8. The number of anilines is 1. The molecular formula is C13H12N2O5S. The Balaban J connectivity index is 2.07. The van der Waals surface area contributed by atoms with E-state index >= 15 is 0 Å². The maximum absolute atomic E-state index is 12.0. The molecule has 3 N–H and O–H groups in total. The summed E-state index contributed by atoms with van der Waals surface area (Å²) in [7, 11) is 1.28. The minimum Gasteiger partial charge on any atom is -0.508 e. The topological polar surface area (TPSA) is 109 Å². The summed E-state index contributed by atoms with van der Waals surface area (Å²) in [6.07, 6.45) is 0.0212. The Bertz CT molecular complexity index is 683. The minimum atomic E-state index is -0.563. The second-order valence-corrected chi connectivity index (χ2v) is 4.91. The predicted molar refractivity (Wildman–Crippen MR) is 75.6 cm³/mol. The van der Waals surface area contributed by atoms with Crippen molar-refractivity contribution < 1.29 is 24.5 Å². The van der Waals surface area contributed by atoms with E-state index in [-0.39, 0.29) is 23.5 Å². The van der Waals surface area contributed by atoms with E-state index in [1.165, 1.54) is 19.2 Å². The molecule has 1 aromatic heterocycles. The Morgan fingerprint density at radius 2 is 2.14 bits per heavy atom. The van der Waals surface area contributed by atoms with Crippen molar-refractivity contribution in [3.05, 3.63) is 34.8 Å². The van der Waals surface area contributed by atoms with Gasteiger partial charge in [0.2, 0.25) is 0 Å². The highest BCUT2D eigenvalue weighted by atomic mass is 32.1. The number of amides is 1. The number of methoxy groups -OCH3 is 1. The lowest BCUT2D eigenvalue weighted by atomic mass is 10.2. The molecule has 0 aliphatic heterocycles. The first-order valence-corrected chi connectivity index (χ1v) is 6.72. The highest BCUT2D eigenvalue weighted by Crippen LogP contribution is 2.24. The van der Waals surface area contributed by atoms with Gasteiger partial charge in [-0.15, -0.1) is 11.3 Å². The summed E-state index contributed by atoms with van der Waals surface area (Å²) in [5, 5.41) is 23.2. The Labute approximate surface area is 123 Å². The minimum absolute atomic E-state index is 0.0116. The van der Waals surface area contributed by atoms with Gasteiger partial charge in [-0.05, 0) is 12.1 Å². The number of nitrogens with one attached hydrogen (secondary N) is 1. The van der Waals surface area contributed by atoms with Crippen LogP contribution >= 0.6 is 11.3 Å². The quantitative estimate of drug-likeness (QED) is 0.739. The molecule has 0 saturated heterocycles. The number of hydrogen-bond donors (Lipinski definition) is 3. The van der Waals surface area contributed by atoms with Crippen molar-refractivity contribution in [3.8, 4) is 11.5 Å². The summed E-state index contributed by atoms with van der Waals surface area (Å²) in [4.78, 5) is 27.1. The standard InChI is InChI=1S/C13H12N2O5S/c1-20-11(18)4-7-6-21-13(14-7)15-12(19)9-3-2-8(16)5-10(9)17/h2-3,5-6,16-17H,4H2,1H3,(H,14,15,19). The molecule has 21 heavy (non-hydrogen) atoms. The molecule has 0 spiro atoms. The number of phenols is 2. The third kappa shape index (κ3) is 3.69. The largest absolute Gasteiger partial charge is 0.508 e. The molecule has 0 fully saturated rings. The third-order valence-electron chi connectivity index (χ3n) is 2.55. The molecular weight excluding hydrogens is 296 g/mol. The van der Waals surface area contributed by atoms with Gasteiger partial charge in [0.1, 0.15) is 11.5 Å². The summed E-state index contributed by atoms with van der Waals surface area (Å²) in [5.74, 6) is -1.46. The molecule has 0 saturated carbocycles. The van der Waals surface area contributed by atoms with Crippen LogP contribution in [0.2, 0.25) is 0 Å². The fourth-order valence-corrected chi connectivity index (χ4v) is 2.25. The normalized spacial score (nSPS) is 10.1. The number of phenolic OH excluding ortho intramolecular Hbond substituents is 2. The van der Waals surface area contributed by atoms with Gasteiger partial charge in [-0.1, -0.05) is 0 Å². The number of esters is 1. The fourth-order valence-electron chi connectivity index (χ4n) is 1.54. The molecule has 0 atom stereocenters. The lowest BCUT2D eigenvalue weighted by molar-refractivity contribution is -0.139. The van der Waals surface area contributed by atoms with Crippen molar-refractivity contribution in [2.45, 2.75) is 6.42 Å². The summed E-state index contributed by atoms with van der Waals surface area (Å²) in [6.45, 7) is 0. The van der Waals surface area contributed by atoms with Gasteiger partial charge in [-0.2, -0.15) is 0 Å². The van der Waals surface area contributed by atoms with Crippen LogP contribution in [0.15, 0.2) is 23.6 Å². The smallest absolute Gasteiger partial charge is 0.311 e. The second-order valence-electron chi connectivity index (χ2n) is 4.05. The predicted octanol–water partition coefficient (Wildman–Crippen LogP) is 1.52. The van der Waals surface area contributed by atoms with E-state index in [2.05, 4.69) is 15.0 Å². The van der Waals surface area contributed by atoms with Crippen LogP contribution in [0.3, 0.4) is 0 Å². The van der Waals surface area contributed by atoms with E-state index < -0.39 is 11.9 Å². The summed E-state index contributed by atoms with van der Waals surface area (Å²) < 4.78 is 4.52. The zero-order chi connectivity index (χ0) is 15.4. The van der Waals surface area contributed by atoms with Crippen LogP contribution < -0.4 is 5.32 Å². The fraction of sp³-hybridized carbons (Fsp3) is 0.154. The number of thiazole rings is 1. The van der Waals surface area contributed by atoms with Crippen LogP contribution in [-0.4, -0.2) is 34.2 Å². The number of benzene rings is 1.